The molecule has 0 unspecified atom stereocenters. The summed E-state index contributed by atoms with van der Waals surface area (Å²) in [4.78, 5) is -0.316. The van der Waals surface area contributed by atoms with Crippen LogP contribution in [0.1, 0.15) is 37.7 Å². The highest BCUT2D eigenvalue weighted by molar-refractivity contribution is 7.91. The van der Waals surface area contributed by atoms with Crippen LogP contribution in [0.4, 0.5) is 0 Å². The van der Waals surface area contributed by atoms with E-state index in [1.807, 2.05) is 0 Å². The third kappa shape index (κ3) is 2.37. The monoisotopic (exact) mass is 384 g/mol. The lowest BCUT2D eigenvalue weighted by molar-refractivity contribution is -0.315. The summed E-state index contributed by atoms with van der Waals surface area (Å²) in [6, 6.07) is 0. The lowest BCUT2D eigenvalue weighted by Crippen LogP contribution is -2.32. The summed E-state index contributed by atoms with van der Waals surface area (Å²) in [6.07, 6.45) is 0. The summed E-state index contributed by atoms with van der Waals surface area (Å²) in [7, 11) is -7.24. The molecule has 0 bridgehead atoms. The van der Waals surface area contributed by atoms with Crippen LogP contribution >= 0.6 is 0 Å². The van der Waals surface area contributed by atoms with Gasteiger partial charge in [0.15, 0.2) is 16.3 Å². The number of nitrogens with zero attached hydrogens (tertiary/aromatic N) is 2. The van der Waals surface area contributed by atoms with Gasteiger partial charge in [-0.15, -0.1) is 0 Å². The SMILES string of the molecule is CC1=C(S(=O)(=O)O)C(C)=[N+]2[B]n3c(C)c(S(=O)(=O)O)c(C)c3C(C)=C12. The Kier molecular flexibility index (Phi) is 3.74. The summed E-state index contributed by atoms with van der Waals surface area (Å²) < 4.78 is 69.2. The number of rotatable bonds is 2. The second kappa shape index (κ2) is 5.16. The predicted octanol–water partition coefficient (Wildman–Crippen LogP) is 1.13. The molecule has 25 heavy (non-hydrogen) atoms. The summed E-state index contributed by atoms with van der Waals surface area (Å²) >= 11 is 0. The number of aromatic nitrogens is 1. The van der Waals surface area contributed by atoms with Crippen LogP contribution in [0.15, 0.2) is 21.1 Å². The lowest BCUT2D eigenvalue weighted by atomic mass is 9.95. The van der Waals surface area contributed by atoms with E-state index >= 15 is 0 Å². The van der Waals surface area contributed by atoms with E-state index in [4.69, 9.17) is 0 Å². The normalized spacial score (nSPS) is 17.9. The van der Waals surface area contributed by atoms with Crippen LogP contribution in [0.25, 0.3) is 5.57 Å². The summed E-state index contributed by atoms with van der Waals surface area (Å²) in [6.45, 7) is 8.03. The molecule has 0 fully saturated rings. The predicted molar refractivity (Wildman–Crippen MR) is 92.7 cm³/mol. The van der Waals surface area contributed by atoms with Crippen molar-refractivity contribution in [2.75, 3.05) is 0 Å². The third-order valence-electron chi connectivity index (χ3n) is 4.71. The molecule has 0 atom stereocenters. The van der Waals surface area contributed by atoms with Crippen molar-refractivity contribution < 1.29 is 30.4 Å². The highest BCUT2D eigenvalue weighted by Gasteiger charge is 2.46. The van der Waals surface area contributed by atoms with E-state index < -0.39 is 20.2 Å². The molecule has 3 heterocycles. The van der Waals surface area contributed by atoms with Crippen molar-refractivity contribution in [2.45, 2.75) is 39.5 Å². The fourth-order valence-corrected chi connectivity index (χ4v) is 5.78. The van der Waals surface area contributed by atoms with Crippen molar-refractivity contribution in [1.29, 1.82) is 0 Å². The number of allylic oxidation sites excluding steroid dienone is 3. The van der Waals surface area contributed by atoms with Crippen LogP contribution in [0.2, 0.25) is 0 Å². The van der Waals surface area contributed by atoms with Gasteiger partial charge in [0.25, 0.3) is 10.1 Å². The van der Waals surface area contributed by atoms with Crippen LogP contribution < -0.4 is 0 Å². The lowest BCUT2D eigenvalue weighted by Gasteiger charge is -2.17. The van der Waals surface area contributed by atoms with Gasteiger partial charge >= 0.3 is 17.7 Å². The van der Waals surface area contributed by atoms with Gasteiger partial charge in [-0.2, -0.15) is 16.8 Å². The highest BCUT2D eigenvalue weighted by atomic mass is 32.2. The molecule has 0 saturated heterocycles. The number of hydrogen-bond donors (Lipinski definition) is 2. The molecule has 11 heteroatoms. The van der Waals surface area contributed by atoms with Gasteiger partial charge in [-0.05, 0) is 33.3 Å². The maximum absolute atomic E-state index is 11.7. The molecule has 8 nitrogen and oxygen atoms in total. The topological polar surface area (TPSA) is 117 Å². The molecule has 0 saturated carbocycles. The first-order chi connectivity index (χ1) is 11.3. The Morgan fingerprint density at radius 3 is 1.96 bits per heavy atom. The largest absolute Gasteiger partial charge is 0.700 e. The average Bonchev–Trinajstić information content (AvgIpc) is 2.82. The van der Waals surface area contributed by atoms with Gasteiger partial charge < -0.3 is 4.48 Å². The van der Waals surface area contributed by atoms with Crippen molar-refractivity contribution in [3.63, 3.8) is 0 Å². The van der Waals surface area contributed by atoms with E-state index in [1.165, 1.54) is 0 Å². The molecular formula is C14H17BN2O6S2+. The van der Waals surface area contributed by atoms with Crippen molar-refractivity contribution in [2.24, 2.45) is 0 Å². The Bertz CT molecular complexity index is 1150. The Balaban J connectivity index is 2.42. The van der Waals surface area contributed by atoms with Crippen molar-refractivity contribution in [3.05, 3.63) is 33.1 Å². The molecule has 2 N–H and O–H groups in total. The quantitative estimate of drug-likeness (QED) is 0.583. The zero-order valence-electron chi connectivity index (χ0n) is 14.3. The smallest absolute Gasteiger partial charge is 0.321 e. The number of hydrogen-bond acceptors (Lipinski definition) is 4. The van der Waals surface area contributed by atoms with E-state index in [2.05, 4.69) is 0 Å². The first-order valence-electron chi connectivity index (χ1n) is 7.35. The summed E-state index contributed by atoms with van der Waals surface area (Å²) in [5.74, 6) is 0. The van der Waals surface area contributed by atoms with Gasteiger partial charge in [-0.3, -0.25) is 13.6 Å². The Hall–Kier alpha value is -1.69. The van der Waals surface area contributed by atoms with E-state index in [0.29, 0.717) is 39.5 Å². The van der Waals surface area contributed by atoms with Crippen LogP contribution in [-0.2, 0) is 20.2 Å². The molecule has 1 aromatic rings. The minimum atomic E-state index is -4.40. The molecule has 2 aliphatic heterocycles. The van der Waals surface area contributed by atoms with Crippen LogP contribution in [-0.4, -0.2) is 48.2 Å². The summed E-state index contributed by atoms with van der Waals surface area (Å²) in [5.41, 5.74) is 3.19. The van der Waals surface area contributed by atoms with Crippen molar-refractivity contribution >= 4 is 39.1 Å². The van der Waals surface area contributed by atoms with Gasteiger partial charge in [-0.25, -0.2) is 0 Å². The van der Waals surface area contributed by atoms with E-state index in [-0.39, 0.29) is 9.80 Å². The second-order valence-corrected chi connectivity index (χ2v) is 8.92. The first-order valence-corrected chi connectivity index (χ1v) is 10.2. The van der Waals surface area contributed by atoms with Gasteiger partial charge in [0.1, 0.15) is 4.90 Å². The minimum absolute atomic E-state index is 0.158. The molecule has 0 aliphatic carbocycles. The van der Waals surface area contributed by atoms with Gasteiger partial charge in [0.05, 0.1) is 0 Å². The molecular weight excluding hydrogens is 367 g/mol. The standard InChI is InChI=1S/C14H17BN2O6S2/c1-6-11-7(2)13(24(18,19)20)9(4)16(11)15-17-10(5)14(25(21,22)23)8(3)12(6)17/h1-5H3,(H,18,19,20)(H,21,22,23)/q+1. The highest BCUT2D eigenvalue weighted by Crippen LogP contribution is 2.40. The third-order valence-corrected chi connectivity index (χ3v) is 6.95. The van der Waals surface area contributed by atoms with E-state index in [1.54, 1.807) is 51.1 Å². The molecule has 2 aliphatic rings. The maximum atomic E-state index is 11.7. The molecule has 133 valence electrons. The van der Waals surface area contributed by atoms with Crippen molar-refractivity contribution in [1.82, 2.24) is 4.48 Å². The van der Waals surface area contributed by atoms with Crippen LogP contribution in [0, 0.1) is 13.8 Å². The van der Waals surface area contributed by atoms with E-state index in [9.17, 15) is 25.9 Å². The first kappa shape index (κ1) is 18.1. The van der Waals surface area contributed by atoms with E-state index in [0.717, 1.165) is 0 Å². The van der Waals surface area contributed by atoms with Gasteiger partial charge in [0.2, 0.25) is 0 Å². The fraction of sp³-hybridized carbons (Fsp3) is 0.357. The maximum Gasteiger partial charge on any atom is 0.700 e. The zero-order valence-corrected chi connectivity index (χ0v) is 15.9. The Labute approximate surface area is 147 Å². The number of fused-ring (bicyclic) bond motifs is 2. The van der Waals surface area contributed by atoms with Crippen LogP contribution in [0.5, 0.6) is 0 Å². The molecule has 0 amide bonds. The second-order valence-electron chi connectivity index (χ2n) is 6.21. The molecule has 0 aromatic carbocycles. The molecule has 3 rings (SSSR count). The minimum Gasteiger partial charge on any atom is -0.321 e. The average molecular weight is 384 g/mol. The zero-order chi connectivity index (χ0) is 19.1. The summed E-state index contributed by atoms with van der Waals surface area (Å²) in [5, 5.41) is 0. The molecule has 1 aromatic heterocycles. The Morgan fingerprint density at radius 2 is 1.48 bits per heavy atom. The molecule has 0 spiro atoms. The van der Waals surface area contributed by atoms with Gasteiger partial charge in [0, 0.05) is 29.5 Å². The van der Waals surface area contributed by atoms with Gasteiger partial charge in [-0.1, -0.05) is 0 Å². The molecule has 1 radical (unpaired) electrons. The Morgan fingerprint density at radius 1 is 0.920 bits per heavy atom. The van der Waals surface area contributed by atoms with Crippen LogP contribution in [0.3, 0.4) is 0 Å². The fourth-order valence-electron chi connectivity index (χ4n) is 3.87. The van der Waals surface area contributed by atoms with Crippen molar-refractivity contribution in [3.8, 4) is 0 Å².